The van der Waals surface area contributed by atoms with Crippen molar-refractivity contribution in [1.82, 2.24) is 0 Å². The molecule has 1 N–H and O–H groups in total. The number of amides is 1. The molecule has 4 nitrogen and oxygen atoms in total. The molecule has 0 saturated heterocycles. The molecule has 0 saturated carbocycles. The van der Waals surface area contributed by atoms with Crippen LogP contribution in [0.5, 0.6) is 0 Å². The van der Waals surface area contributed by atoms with E-state index in [9.17, 15) is 14.0 Å². The van der Waals surface area contributed by atoms with E-state index < -0.39 is 11.7 Å². The van der Waals surface area contributed by atoms with Crippen molar-refractivity contribution in [3.05, 3.63) is 63.9 Å². The Morgan fingerprint density at radius 2 is 2.00 bits per heavy atom. The molecule has 0 aliphatic rings. The van der Waals surface area contributed by atoms with Crippen LogP contribution in [-0.2, 0) is 16.0 Å². The molecule has 120 valence electrons. The van der Waals surface area contributed by atoms with Crippen molar-refractivity contribution < 1.29 is 18.7 Å². The first-order valence-electron chi connectivity index (χ1n) is 7.00. The second-order valence-corrected chi connectivity index (χ2v) is 5.71. The summed E-state index contributed by atoms with van der Waals surface area (Å²) in [7, 11) is 0. The standard InChI is InChI=1S/C17H15BrFNO3/c1-2-23-16(21)7-11-4-3-5-15(6-11)20-17(22)12-8-13(18)10-14(19)9-12/h3-6,8-10H,2,7H2,1H3,(H,20,22). The third-order valence-corrected chi connectivity index (χ3v) is 3.42. The van der Waals surface area contributed by atoms with E-state index in [0.29, 0.717) is 16.8 Å². The van der Waals surface area contributed by atoms with E-state index in [2.05, 4.69) is 21.2 Å². The van der Waals surface area contributed by atoms with Gasteiger partial charge < -0.3 is 10.1 Å². The Labute approximate surface area is 141 Å². The molecule has 2 aromatic rings. The number of nitrogens with one attached hydrogen (secondary N) is 1. The molecule has 2 rings (SSSR count). The Balaban J connectivity index is 2.10. The van der Waals surface area contributed by atoms with Crippen molar-refractivity contribution >= 4 is 33.5 Å². The van der Waals surface area contributed by atoms with Gasteiger partial charge in [-0.2, -0.15) is 0 Å². The molecule has 23 heavy (non-hydrogen) atoms. The van der Waals surface area contributed by atoms with Crippen LogP contribution in [0, 0.1) is 5.82 Å². The Morgan fingerprint density at radius 1 is 1.22 bits per heavy atom. The molecule has 0 fully saturated rings. The highest BCUT2D eigenvalue weighted by molar-refractivity contribution is 9.10. The van der Waals surface area contributed by atoms with E-state index >= 15 is 0 Å². The van der Waals surface area contributed by atoms with E-state index in [1.807, 2.05) is 0 Å². The number of hydrogen-bond acceptors (Lipinski definition) is 3. The van der Waals surface area contributed by atoms with Gasteiger partial charge in [0.2, 0.25) is 0 Å². The highest BCUT2D eigenvalue weighted by atomic mass is 79.9. The van der Waals surface area contributed by atoms with Crippen LogP contribution < -0.4 is 5.32 Å². The Kier molecular flexibility index (Phi) is 5.87. The maximum Gasteiger partial charge on any atom is 0.310 e. The lowest BCUT2D eigenvalue weighted by molar-refractivity contribution is -0.142. The summed E-state index contributed by atoms with van der Waals surface area (Å²) in [4.78, 5) is 23.7. The van der Waals surface area contributed by atoms with Gasteiger partial charge >= 0.3 is 5.97 Å². The number of esters is 1. The number of carbonyl (C=O) groups is 2. The second kappa shape index (κ2) is 7.87. The smallest absolute Gasteiger partial charge is 0.310 e. The largest absolute Gasteiger partial charge is 0.466 e. The van der Waals surface area contributed by atoms with Crippen LogP contribution >= 0.6 is 15.9 Å². The van der Waals surface area contributed by atoms with Gasteiger partial charge in [-0.3, -0.25) is 9.59 Å². The van der Waals surface area contributed by atoms with Crippen molar-refractivity contribution in [3.8, 4) is 0 Å². The minimum atomic E-state index is -0.499. The first-order chi connectivity index (χ1) is 11.0. The summed E-state index contributed by atoms with van der Waals surface area (Å²) in [5.74, 6) is -1.26. The van der Waals surface area contributed by atoms with Gasteiger partial charge in [-0.25, -0.2) is 4.39 Å². The molecular formula is C17H15BrFNO3. The summed E-state index contributed by atoms with van der Waals surface area (Å²) in [6.45, 7) is 2.06. The number of rotatable bonds is 5. The molecule has 2 aromatic carbocycles. The van der Waals surface area contributed by atoms with Crippen molar-refractivity contribution in [1.29, 1.82) is 0 Å². The van der Waals surface area contributed by atoms with Crippen LogP contribution in [0.15, 0.2) is 46.9 Å². The van der Waals surface area contributed by atoms with Crippen LogP contribution in [0.25, 0.3) is 0 Å². The number of anilines is 1. The van der Waals surface area contributed by atoms with Crippen LogP contribution in [0.1, 0.15) is 22.8 Å². The van der Waals surface area contributed by atoms with Crippen molar-refractivity contribution in [2.75, 3.05) is 11.9 Å². The molecule has 0 bridgehead atoms. The predicted molar refractivity (Wildman–Crippen MR) is 88.8 cm³/mol. The average Bonchev–Trinajstić information content (AvgIpc) is 2.46. The SMILES string of the molecule is CCOC(=O)Cc1cccc(NC(=O)c2cc(F)cc(Br)c2)c1. The van der Waals surface area contributed by atoms with E-state index in [4.69, 9.17) is 4.74 Å². The van der Waals surface area contributed by atoms with Gasteiger partial charge in [-0.05, 0) is 42.8 Å². The highest BCUT2D eigenvalue weighted by Crippen LogP contribution is 2.17. The lowest BCUT2D eigenvalue weighted by atomic mass is 10.1. The van der Waals surface area contributed by atoms with E-state index in [1.54, 1.807) is 31.2 Å². The summed E-state index contributed by atoms with van der Waals surface area (Å²) < 4.78 is 18.7. The molecule has 0 aliphatic carbocycles. The number of ether oxygens (including phenoxy) is 1. The van der Waals surface area contributed by atoms with Gasteiger partial charge in [0.05, 0.1) is 13.0 Å². The zero-order valence-corrected chi connectivity index (χ0v) is 14.0. The zero-order chi connectivity index (χ0) is 16.8. The molecule has 0 unspecified atom stereocenters. The van der Waals surface area contributed by atoms with E-state index in [1.165, 1.54) is 12.1 Å². The van der Waals surface area contributed by atoms with E-state index in [0.717, 1.165) is 11.6 Å². The quantitative estimate of drug-likeness (QED) is 0.800. The van der Waals surface area contributed by atoms with Crippen LogP contribution in [-0.4, -0.2) is 18.5 Å². The second-order valence-electron chi connectivity index (χ2n) is 4.79. The molecule has 1 amide bonds. The predicted octanol–water partition coefficient (Wildman–Crippen LogP) is 3.95. The van der Waals surface area contributed by atoms with Gasteiger partial charge in [-0.1, -0.05) is 28.1 Å². The van der Waals surface area contributed by atoms with Gasteiger partial charge in [0.15, 0.2) is 0 Å². The Bertz CT molecular complexity index is 713. The Morgan fingerprint density at radius 3 is 2.70 bits per heavy atom. The fourth-order valence-corrected chi connectivity index (χ4v) is 2.49. The van der Waals surface area contributed by atoms with Crippen LogP contribution in [0.2, 0.25) is 0 Å². The van der Waals surface area contributed by atoms with Gasteiger partial charge in [0, 0.05) is 15.7 Å². The minimum Gasteiger partial charge on any atom is -0.466 e. The van der Waals surface area contributed by atoms with Crippen molar-refractivity contribution in [3.63, 3.8) is 0 Å². The monoisotopic (exact) mass is 379 g/mol. The van der Waals surface area contributed by atoms with Gasteiger partial charge in [-0.15, -0.1) is 0 Å². The van der Waals surface area contributed by atoms with E-state index in [-0.39, 0.29) is 18.0 Å². The molecule has 0 atom stereocenters. The first-order valence-corrected chi connectivity index (χ1v) is 7.79. The molecule has 0 aliphatic heterocycles. The third-order valence-electron chi connectivity index (χ3n) is 2.96. The molecule has 0 heterocycles. The number of benzene rings is 2. The summed E-state index contributed by atoms with van der Waals surface area (Å²) >= 11 is 3.15. The van der Waals surface area contributed by atoms with Crippen molar-refractivity contribution in [2.24, 2.45) is 0 Å². The summed E-state index contributed by atoms with van der Waals surface area (Å²) in [6, 6.07) is 10.8. The maximum absolute atomic E-state index is 13.3. The zero-order valence-electron chi connectivity index (χ0n) is 12.4. The molecule has 6 heteroatoms. The average molecular weight is 380 g/mol. The molecule has 0 spiro atoms. The normalized spacial score (nSPS) is 10.2. The minimum absolute atomic E-state index is 0.128. The fraction of sp³-hybridized carbons (Fsp3) is 0.176. The summed E-state index contributed by atoms with van der Waals surface area (Å²) in [6.07, 6.45) is 0.128. The lowest BCUT2D eigenvalue weighted by Gasteiger charge is -2.08. The van der Waals surface area contributed by atoms with Crippen LogP contribution in [0.3, 0.4) is 0 Å². The molecular weight excluding hydrogens is 365 g/mol. The lowest BCUT2D eigenvalue weighted by Crippen LogP contribution is -2.13. The summed E-state index contributed by atoms with van der Waals surface area (Å²) in [5.41, 5.74) is 1.45. The number of halogens is 2. The highest BCUT2D eigenvalue weighted by Gasteiger charge is 2.10. The fourth-order valence-electron chi connectivity index (χ4n) is 2.03. The summed E-state index contributed by atoms with van der Waals surface area (Å²) in [5, 5.41) is 2.68. The molecule has 0 radical (unpaired) electrons. The first kappa shape index (κ1) is 17.1. The number of hydrogen-bond donors (Lipinski definition) is 1. The van der Waals surface area contributed by atoms with Crippen molar-refractivity contribution in [2.45, 2.75) is 13.3 Å². The molecule has 0 aromatic heterocycles. The topological polar surface area (TPSA) is 55.4 Å². The maximum atomic E-state index is 13.3. The van der Waals surface area contributed by atoms with Gasteiger partial charge in [0.1, 0.15) is 5.82 Å². The van der Waals surface area contributed by atoms with Gasteiger partial charge in [0.25, 0.3) is 5.91 Å². The Hall–Kier alpha value is -2.21. The number of carbonyl (C=O) groups excluding carboxylic acids is 2. The third kappa shape index (κ3) is 5.17. The van der Waals surface area contributed by atoms with Crippen LogP contribution in [0.4, 0.5) is 10.1 Å².